The van der Waals surface area contributed by atoms with Gasteiger partial charge in [-0.05, 0) is 25.7 Å². The number of alkyl halides is 1. The maximum Gasteiger partial charge on any atom is 0.407 e. The fraction of sp³-hybridized carbons (Fsp3) is 0.931. The predicted octanol–water partition coefficient (Wildman–Crippen LogP) is 8.96. The fourth-order valence-corrected chi connectivity index (χ4v) is 6.04. The Bertz CT molecular complexity index is 531. The quantitative estimate of drug-likeness (QED) is 0.0651. The summed E-state index contributed by atoms with van der Waals surface area (Å²) < 4.78 is 10.6. The van der Waals surface area contributed by atoms with Crippen LogP contribution in [0.1, 0.15) is 135 Å². The van der Waals surface area contributed by atoms with E-state index in [1.165, 1.54) is 96.3 Å². The lowest BCUT2D eigenvalue weighted by molar-refractivity contribution is -0.143. The number of carbonyl (C=O) groups is 2. The standard InChI is InChI=1S/C29H54BrNO4S/c1-2-3-4-5-6-7-8-9-10-11-12-13-14-15-16-19-22-31-29(33)35-25-27-23-26(36-27)24-34-28(32)20-17-18-21-30/h26-27H,2-25H2,1H3,(H,31,33)/t26-,27-/m1/s1. The lowest BCUT2D eigenvalue weighted by atomic mass is 10.0. The van der Waals surface area contributed by atoms with Crippen molar-refractivity contribution in [2.45, 2.75) is 146 Å². The minimum atomic E-state index is -0.307. The first-order valence-electron chi connectivity index (χ1n) is 14.9. The smallest absolute Gasteiger partial charge is 0.407 e. The maximum absolute atomic E-state index is 11.9. The van der Waals surface area contributed by atoms with E-state index in [0.717, 1.165) is 31.0 Å². The van der Waals surface area contributed by atoms with Crippen molar-refractivity contribution in [3.05, 3.63) is 0 Å². The second kappa shape index (κ2) is 24.9. The van der Waals surface area contributed by atoms with Crippen molar-refractivity contribution in [1.29, 1.82) is 0 Å². The van der Waals surface area contributed by atoms with E-state index >= 15 is 0 Å². The van der Waals surface area contributed by atoms with E-state index in [1.807, 2.05) is 0 Å². The average molecular weight is 593 g/mol. The van der Waals surface area contributed by atoms with Crippen LogP contribution in [-0.2, 0) is 14.3 Å². The molecule has 5 nitrogen and oxygen atoms in total. The molecule has 1 amide bonds. The third-order valence-corrected chi connectivity index (χ3v) is 8.79. The zero-order valence-electron chi connectivity index (χ0n) is 23.0. The van der Waals surface area contributed by atoms with Gasteiger partial charge in [-0.3, -0.25) is 4.79 Å². The van der Waals surface area contributed by atoms with Crippen molar-refractivity contribution in [3.8, 4) is 0 Å². The molecule has 1 saturated heterocycles. The van der Waals surface area contributed by atoms with Gasteiger partial charge in [0.05, 0.1) is 0 Å². The summed E-state index contributed by atoms with van der Waals surface area (Å²) in [6.45, 7) is 3.88. The van der Waals surface area contributed by atoms with Crippen LogP contribution >= 0.6 is 27.7 Å². The molecule has 0 aromatic heterocycles. The third kappa shape index (κ3) is 20.6. The number of esters is 1. The Balaban J connectivity index is 1.76. The summed E-state index contributed by atoms with van der Waals surface area (Å²) in [5.74, 6) is -0.107. The number of thioether (sulfide) groups is 1. The molecule has 212 valence electrons. The molecule has 1 rings (SSSR count). The zero-order chi connectivity index (χ0) is 26.1. The number of rotatable bonds is 25. The second-order valence-electron chi connectivity index (χ2n) is 10.3. The summed E-state index contributed by atoms with van der Waals surface area (Å²) in [5, 5.41) is 4.45. The molecule has 0 saturated carbocycles. The van der Waals surface area contributed by atoms with Crippen molar-refractivity contribution < 1.29 is 19.1 Å². The Morgan fingerprint density at radius 3 is 1.69 bits per heavy atom. The van der Waals surface area contributed by atoms with Crippen LogP contribution in [-0.4, -0.2) is 47.7 Å². The van der Waals surface area contributed by atoms with Gasteiger partial charge in [-0.2, -0.15) is 0 Å². The topological polar surface area (TPSA) is 64.6 Å². The predicted molar refractivity (Wildman–Crippen MR) is 157 cm³/mol. The number of hydrogen-bond acceptors (Lipinski definition) is 5. The molecule has 0 spiro atoms. The Kier molecular flexibility index (Phi) is 23.2. The highest BCUT2D eigenvalue weighted by molar-refractivity contribution is 9.09. The van der Waals surface area contributed by atoms with E-state index in [-0.39, 0.29) is 12.1 Å². The highest BCUT2D eigenvalue weighted by atomic mass is 79.9. The van der Waals surface area contributed by atoms with Crippen molar-refractivity contribution >= 4 is 39.8 Å². The molecule has 36 heavy (non-hydrogen) atoms. The molecule has 0 aromatic rings. The normalized spacial score (nSPS) is 16.9. The SMILES string of the molecule is CCCCCCCCCCCCCCCCCCNC(=O)OC[C@H]1C[C@H](COC(=O)CCCCBr)S1. The van der Waals surface area contributed by atoms with E-state index in [0.29, 0.717) is 36.7 Å². The number of nitrogens with one attached hydrogen (secondary N) is 1. The number of unbranched alkanes of at least 4 members (excludes halogenated alkanes) is 16. The van der Waals surface area contributed by atoms with Crippen LogP contribution in [0, 0.1) is 0 Å². The van der Waals surface area contributed by atoms with Crippen LogP contribution < -0.4 is 5.32 Å². The molecule has 0 unspecified atom stereocenters. The largest absolute Gasteiger partial charge is 0.464 e. The fourth-order valence-electron chi connectivity index (χ4n) is 4.47. The number of hydrogen-bond donors (Lipinski definition) is 1. The van der Waals surface area contributed by atoms with Gasteiger partial charge in [-0.15, -0.1) is 11.8 Å². The van der Waals surface area contributed by atoms with Crippen LogP contribution in [0.5, 0.6) is 0 Å². The van der Waals surface area contributed by atoms with Gasteiger partial charge in [0.25, 0.3) is 0 Å². The minimum absolute atomic E-state index is 0.107. The van der Waals surface area contributed by atoms with Gasteiger partial charge in [0, 0.05) is 28.8 Å². The molecular formula is C29H54BrNO4S. The molecule has 0 aromatic carbocycles. The van der Waals surface area contributed by atoms with Gasteiger partial charge in [0.2, 0.25) is 0 Å². The maximum atomic E-state index is 11.9. The minimum Gasteiger partial charge on any atom is -0.464 e. The number of alkyl carbamates (subject to hydrolysis) is 1. The summed E-state index contributed by atoms with van der Waals surface area (Å²) in [7, 11) is 0. The van der Waals surface area contributed by atoms with Crippen molar-refractivity contribution in [2.75, 3.05) is 25.1 Å². The van der Waals surface area contributed by atoms with Gasteiger partial charge >= 0.3 is 12.1 Å². The Hall–Kier alpha value is -0.430. The van der Waals surface area contributed by atoms with Gasteiger partial charge in [0.15, 0.2) is 0 Å². The van der Waals surface area contributed by atoms with Gasteiger partial charge < -0.3 is 14.8 Å². The summed E-state index contributed by atoms with van der Waals surface area (Å²) in [6, 6.07) is 0. The number of halogens is 1. The van der Waals surface area contributed by atoms with Gasteiger partial charge in [-0.1, -0.05) is 119 Å². The van der Waals surface area contributed by atoms with Crippen molar-refractivity contribution in [2.24, 2.45) is 0 Å². The summed E-state index contributed by atoms with van der Waals surface area (Å²) in [4.78, 5) is 23.5. The van der Waals surface area contributed by atoms with Gasteiger partial charge in [0.1, 0.15) is 13.2 Å². The van der Waals surface area contributed by atoms with Crippen LogP contribution in [0.3, 0.4) is 0 Å². The van der Waals surface area contributed by atoms with Crippen LogP contribution in [0.2, 0.25) is 0 Å². The lowest BCUT2D eigenvalue weighted by Gasteiger charge is -2.33. The van der Waals surface area contributed by atoms with Crippen LogP contribution in [0.15, 0.2) is 0 Å². The van der Waals surface area contributed by atoms with E-state index in [9.17, 15) is 9.59 Å². The van der Waals surface area contributed by atoms with Gasteiger partial charge in [-0.25, -0.2) is 4.79 Å². The molecule has 7 heteroatoms. The molecule has 1 aliphatic rings. The summed E-state index contributed by atoms with van der Waals surface area (Å²) in [5.41, 5.74) is 0. The van der Waals surface area contributed by atoms with E-state index in [4.69, 9.17) is 9.47 Å². The summed E-state index contributed by atoms with van der Waals surface area (Å²) >= 11 is 5.11. The van der Waals surface area contributed by atoms with Crippen molar-refractivity contribution in [3.63, 3.8) is 0 Å². The second-order valence-corrected chi connectivity index (χ2v) is 12.7. The average Bonchev–Trinajstić information content (AvgIpc) is 2.84. The zero-order valence-corrected chi connectivity index (χ0v) is 25.4. The highest BCUT2D eigenvalue weighted by Crippen LogP contribution is 2.36. The van der Waals surface area contributed by atoms with Crippen LogP contribution in [0.4, 0.5) is 4.79 Å². The third-order valence-electron chi connectivity index (χ3n) is 6.81. The van der Waals surface area contributed by atoms with E-state index in [1.54, 1.807) is 11.8 Å². The molecule has 1 fully saturated rings. The monoisotopic (exact) mass is 591 g/mol. The van der Waals surface area contributed by atoms with Crippen molar-refractivity contribution in [1.82, 2.24) is 5.32 Å². The first kappa shape index (κ1) is 33.6. The Morgan fingerprint density at radius 1 is 0.722 bits per heavy atom. The van der Waals surface area contributed by atoms with E-state index < -0.39 is 0 Å². The Labute approximate surface area is 234 Å². The number of amides is 1. The number of carbonyl (C=O) groups excluding carboxylic acids is 2. The molecule has 0 bridgehead atoms. The van der Waals surface area contributed by atoms with E-state index in [2.05, 4.69) is 28.2 Å². The number of ether oxygens (including phenoxy) is 2. The molecule has 0 radical (unpaired) electrons. The molecule has 1 heterocycles. The van der Waals surface area contributed by atoms with Crippen LogP contribution in [0.25, 0.3) is 0 Å². The molecule has 1 aliphatic heterocycles. The molecular weight excluding hydrogens is 538 g/mol. The molecule has 1 N–H and O–H groups in total. The first-order valence-corrected chi connectivity index (χ1v) is 17.0. The highest BCUT2D eigenvalue weighted by Gasteiger charge is 2.31. The summed E-state index contributed by atoms with van der Waals surface area (Å²) in [6.07, 6.45) is 24.6. The molecule has 2 atom stereocenters. The lowest BCUT2D eigenvalue weighted by Crippen LogP contribution is -2.36. The molecule has 0 aliphatic carbocycles. The Morgan fingerprint density at radius 2 is 1.19 bits per heavy atom. The first-order chi connectivity index (χ1) is 17.7.